The van der Waals surface area contributed by atoms with Crippen LogP contribution in [-0.2, 0) is 9.47 Å². The second-order valence-corrected chi connectivity index (χ2v) is 10.2. The lowest BCUT2D eigenvalue weighted by molar-refractivity contribution is 0.263. The van der Waals surface area contributed by atoms with Crippen LogP contribution in [0.1, 0.15) is 34.1 Å². The largest absolute Gasteiger partial charge is 0.491 e. The van der Waals surface area contributed by atoms with Crippen molar-refractivity contribution >= 4 is 0 Å². The van der Waals surface area contributed by atoms with Crippen LogP contribution in [0.25, 0.3) is 22.3 Å². The van der Waals surface area contributed by atoms with Gasteiger partial charge < -0.3 is 18.9 Å². The molecule has 2 heterocycles. The van der Waals surface area contributed by atoms with Crippen molar-refractivity contribution in [1.29, 1.82) is 0 Å². The van der Waals surface area contributed by atoms with Crippen molar-refractivity contribution in [2.75, 3.05) is 26.4 Å². The summed E-state index contributed by atoms with van der Waals surface area (Å²) in [6, 6.07) is 30.9. The molecule has 0 radical (unpaired) electrons. The molecule has 0 saturated carbocycles. The second kappa shape index (κ2) is 7.95. The van der Waals surface area contributed by atoms with Crippen molar-refractivity contribution in [3.63, 3.8) is 0 Å². The van der Waals surface area contributed by atoms with Gasteiger partial charge in [-0.1, -0.05) is 60.7 Å². The van der Waals surface area contributed by atoms with Crippen molar-refractivity contribution in [3.05, 3.63) is 107 Å². The molecule has 4 nitrogen and oxygen atoms in total. The van der Waals surface area contributed by atoms with Crippen molar-refractivity contribution in [2.24, 2.45) is 0 Å². The van der Waals surface area contributed by atoms with Crippen LogP contribution in [0.3, 0.4) is 0 Å². The Morgan fingerprint density at radius 1 is 0.528 bits per heavy atom. The molecule has 2 fully saturated rings. The van der Waals surface area contributed by atoms with Gasteiger partial charge in [0.05, 0.1) is 13.2 Å². The second-order valence-electron chi connectivity index (χ2n) is 10.2. The lowest BCUT2D eigenvalue weighted by Gasteiger charge is -2.24. The molecule has 2 saturated heterocycles. The van der Waals surface area contributed by atoms with E-state index in [2.05, 4.69) is 84.9 Å². The number of fused-ring (bicyclic) bond motifs is 6. The minimum Gasteiger partial charge on any atom is -0.491 e. The molecule has 4 heteroatoms. The third-order valence-electron chi connectivity index (χ3n) is 7.90. The molecule has 4 aromatic carbocycles. The first-order chi connectivity index (χ1) is 17.8. The Balaban J connectivity index is 1.23. The van der Waals surface area contributed by atoms with Gasteiger partial charge in [-0.05, 0) is 68.8 Å². The van der Waals surface area contributed by atoms with Crippen LogP contribution in [-0.4, -0.2) is 38.6 Å². The first-order valence-corrected chi connectivity index (χ1v) is 12.8. The van der Waals surface area contributed by atoms with Crippen LogP contribution in [0.4, 0.5) is 0 Å². The lowest BCUT2D eigenvalue weighted by Crippen LogP contribution is -2.10. The average molecular weight is 475 g/mol. The number of ether oxygens (including phenoxy) is 4. The van der Waals surface area contributed by atoms with Gasteiger partial charge in [-0.3, -0.25) is 0 Å². The molecule has 36 heavy (non-hydrogen) atoms. The van der Waals surface area contributed by atoms with Crippen molar-refractivity contribution in [3.8, 4) is 33.8 Å². The van der Waals surface area contributed by atoms with Gasteiger partial charge in [0.1, 0.15) is 36.9 Å². The molecule has 0 aromatic heterocycles. The summed E-state index contributed by atoms with van der Waals surface area (Å²) < 4.78 is 22.8. The van der Waals surface area contributed by atoms with E-state index in [1.54, 1.807) is 0 Å². The fourth-order valence-electron chi connectivity index (χ4n) is 6.05. The van der Waals surface area contributed by atoms with E-state index in [9.17, 15) is 0 Å². The van der Waals surface area contributed by atoms with Gasteiger partial charge in [0.25, 0.3) is 0 Å². The molecule has 0 amide bonds. The van der Waals surface area contributed by atoms with Crippen molar-refractivity contribution < 1.29 is 18.9 Å². The SMILES string of the molecule is c1ccc2c(c1)-c1cc(OCC3CO3)ccc1C2C1c2ccccc2-c2cc(OCC3CO3)ccc21. The van der Waals surface area contributed by atoms with E-state index in [1.165, 1.54) is 44.5 Å². The van der Waals surface area contributed by atoms with Gasteiger partial charge >= 0.3 is 0 Å². The summed E-state index contributed by atoms with van der Waals surface area (Å²) >= 11 is 0. The monoisotopic (exact) mass is 474 g/mol. The maximum atomic E-state index is 6.05. The molecule has 0 spiro atoms. The molecule has 2 aliphatic heterocycles. The molecule has 4 aliphatic rings. The Morgan fingerprint density at radius 3 is 1.39 bits per heavy atom. The average Bonchev–Trinajstić information content (AvgIpc) is 3.86. The summed E-state index contributed by atoms with van der Waals surface area (Å²) in [5, 5.41) is 0. The third-order valence-corrected chi connectivity index (χ3v) is 7.90. The number of rotatable bonds is 7. The summed E-state index contributed by atoms with van der Waals surface area (Å²) in [6.45, 7) is 2.84. The van der Waals surface area contributed by atoms with Gasteiger partial charge in [0.2, 0.25) is 0 Å². The normalized spacial score (nSPS) is 23.9. The van der Waals surface area contributed by atoms with Crippen LogP contribution in [0.15, 0.2) is 84.9 Å². The summed E-state index contributed by atoms with van der Waals surface area (Å²) in [5.74, 6) is 2.30. The summed E-state index contributed by atoms with van der Waals surface area (Å²) in [4.78, 5) is 0. The fraction of sp³-hybridized carbons (Fsp3) is 0.250. The maximum Gasteiger partial charge on any atom is 0.120 e. The molecule has 0 bridgehead atoms. The highest BCUT2D eigenvalue weighted by Crippen LogP contribution is 2.59. The third kappa shape index (κ3) is 3.36. The minimum atomic E-state index is 0.242. The molecule has 4 unspecified atom stereocenters. The van der Waals surface area contributed by atoms with Gasteiger partial charge in [-0.15, -0.1) is 0 Å². The van der Waals surface area contributed by atoms with Gasteiger partial charge in [0, 0.05) is 11.8 Å². The topological polar surface area (TPSA) is 43.5 Å². The van der Waals surface area contributed by atoms with Crippen LogP contribution < -0.4 is 9.47 Å². The molecule has 4 aromatic rings. The predicted molar refractivity (Wildman–Crippen MR) is 138 cm³/mol. The van der Waals surface area contributed by atoms with Crippen LogP contribution >= 0.6 is 0 Å². The molecule has 178 valence electrons. The first kappa shape index (κ1) is 20.6. The Bertz CT molecular complexity index is 1370. The molecular weight excluding hydrogens is 448 g/mol. The van der Waals surface area contributed by atoms with E-state index in [0.29, 0.717) is 13.2 Å². The molecular formula is C32H26O4. The standard InChI is InChI=1S/C32H26O4/c1-3-7-25-23(5-1)29-13-19(33-15-21-17-35-21)9-11-27(29)31(25)32-26-8-4-2-6-24(26)30-14-20(10-12-28(30)32)34-16-22-18-36-22/h1-14,21-22,31-32H,15-18H2. The quantitative estimate of drug-likeness (QED) is 0.301. The Labute approximate surface area is 210 Å². The smallest absolute Gasteiger partial charge is 0.120 e. The van der Waals surface area contributed by atoms with E-state index < -0.39 is 0 Å². The zero-order valence-corrected chi connectivity index (χ0v) is 19.9. The van der Waals surface area contributed by atoms with Crippen molar-refractivity contribution in [2.45, 2.75) is 24.0 Å². The van der Waals surface area contributed by atoms with Crippen LogP contribution in [0.2, 0.25) is 0 Å². The molecule has 2 aliphatic carbocycles. The number of hydrogen-bond donors (Lipinski definition) is 0. The van der Waals surface area contributed by atoms with E-state index in [0.717, 1.165) is 24.7 Å². The molecule has 0 N–H and O–H groups in total. The van der Waals surface area contributed by atoms with E-state index in [1.807, 2.05) is 0 Å². The van der Waals surface area contributed by atoms with Gasteiger partial charge in [-0.25, -0.2) is 0 Å². The van der Waals surface area contributed by atoms with E-state index >= 15 is 0 Å². The summed E-state index contributed by atoms with van der Waals surface area (Å²) in [5.41, 5.74) is 10.7. The van der Waals surface area contributed by atoms with E-state index in [-0.39, 0.29) is 24.0 Å². The Morgan fingerprint density at radius 2 is 0.944 bits per heavy atom. The van der Waals surface area contributed by atoms with Gasteiger partial charge in [-0.2, -0.15) is 0 Å². The van der Waals surface area contributed by atoms with Crippen LogP contribution in [0, 0.1) is 0 Å². The predicted octanol–water partition coefficient (Wildman–Crippen LogP) is 6.17. The lowest BCUT2D eigenvalue weighted by atomic mass is 9.78. The fourth-order valence-corrected chi connectivity index (χ4v) is 6.05. The highest BCUT2D eigenvalue weighted by Gasteiger charge is 2.41. The number of hydrogen-bond acceptors (Lipinski definition) is 4. The number of benzene rings is 4. The number of epoxide rings is 2. The van der Waals surface area contributed by atoms with Gasteiger partial charge in [0.15, 0.2) is 0 Å². The first-order valence-electron chi connectivity index (χ1n) is 12.8. The van der Waals surface area contributed by atoms with Crippen LogP contribution in [0.5, 0.6) is 11.5 Å². The Hall–Kier alpha value is -3.60. The Kier molecular flexibility index (Phi) is 4.55. The summed E-state index contributed by atoms with van der Waals surface area (Å²) in [7, 11) is 0. The minimum absolute atomic E-state index is 0.242. The van der Waals surface area contributed by atoms with E-state index in [4.69, 9.17) is 18.9 Å². The molecule has 4 atom stereocenters. The summed E-state index contributed by atoms with van der Waals surface area (Å²) in [6.07, 6.45) is 0.492. The van der Waals surface area contributed by atoms with Crippen molar-refractivity contribution in [1.82, 2.24) is 0 Å². The highest BCUT2D eigenvalue weighted by molar-refractivity contribution is 5.85. The zero-order chi connectivity index (χ0) is 23.6. The zero-order valence-electron chi connectivity index (χ0n) is 19.9. The molecule has 8 rings (SSSR count). The highest BCUT2D eigenvalue weighted by atomic mass is 16.6. The maximum absolute atomic E-state index is 6.05.